The molecule has 0 amide bonds. The van der Waals surface area contributed by atoms with Crippen molar-refractivity contribution in [3.05, 3.63) is 0 Å². The minimum absolute atomic E-state index is 0.279. The van der Waals surface area contributed by atoms with Gasteiger partial charge in [-0.2, -0.15) is 0 Å². The summed E-state index contributed by atoms with van der Waals surface area (Å²) in [7, 11) is 0. The predicted octanol–water partition coefficient (Wildman–Crippen LogP) is 2.27. The number of oxime groups is 1. The van der Waals surface area contributed by atoms with Gasteiger partial charge in [-0.15, -0.1) is 0 Å². The second-order valence-corrected chi connectivity index (χ2v) is 3.93. The van der Waals surface area contributed by atoms with Crippen molar-refractivity contribution in [3.63, 3.8) is 0 Å². The summed E-state index contributed by atoms with van der Waals surface area (Å²) >= 11 is 0. The Labute approximate surface area is 90.6 Å². The lowest BCUT2D eigenvalue weighted by atomic mass is 9.95. The van der Waals surface area contributed by atoms with E-state index < -0.39 is 5.60 Å². The molecule has 0 aromatic heterocycles. The van der Waals surface area contributed by atoms with Crippen LogP contribution in [0.1, 0.15) is 46.5 Å². The number of hydrogen-bond donors (Lipinski definition) is 0. The number of unbranched alkanes of at least 4 members (excludes halogenated alkanes) is 1. The van der Waals surface area contributed by atoms with Gasteiger partial charge < -0.3 is 9.57 Å². The molecule has 0 saturated carbocycles. The highest BCUT2D eigenvalue weighted by atomic mass is 16.7. The van der Waals surface area contributed by atoms with Crippen LogP contribution in [-0.2, 0) is 14.4 Å². The molecular formula is C11H19NO3. The van der Waals surface area contributed by atoms with E-state index in [1.807, 2.05) is 13.8 Å². The van der Waals surface area contributed by atoms with Gasteiger partial charge in [-0.1, -0.05) is 25.4 Å². The Morgan fingerprint density at radius 2 is 2.33 bits per heavy atom. The molecule has 0 radical (unpaired) electrons. The molecule has 1 rings (SSSR count). The van der Waals surface area contributed by atoms with Gasteiger partial charge in [-0.3, -0.25) is 0 Å². The van der Waals surface area contributed by atoms with Crippen LogP contribution in [-0.4, -0.2) is 23.9 Å². The van der Waals surface area contributed by atoms with Crippen LogP contribution < -0.4 is 0 Å². The minimum Gasteiger partial charge on any atom is -0.463 e. The maximum Gasteiger partial charge on any atom is 0.353 e. The monoisotopic (exact) mass is 213 g/mol. The molecule has 0 aromatic carbocycles. The molecule has 0 aliphatic carbocycles. The number of rotatable bonds is 5. The van der Waals surface area contributed by atoms with E-state index >= 15 is 0 Å². The van der Waals surface area contributed by atoms with Crippen molar-refractivity contribution in [2.24, 2.45) is 5.16 Å². The molecule has 1 atom stereocenters. The molecular weight excluding hydrogens is 194 g/mol. The van der Waals surface area contributed by atoms with E-state index in [0.29, 0.717) is 19.4 Å². The molecule has 15 heavy (non-hydrogen) atoms. The topological polar surface area (TPSA) is 47.9 Å². The summed E-state index contributed by atoms with van der Waals surface area (Å²) < 4.78 is 5.17. The van der Waals surface area contributed by atoms with Crippen LogP contribution in [0.25, 0.3) is 0 Å². The highest BCUT2D eigenvalue weighted by molar-refractivity contribution is 5.92. The first-order chi connectivity index (χ1) is 7.14. The summed E-state index contributed by atoms with van der Waals surface area (Å²) in [6.07, 6.45) is 3.06. The first-order valence-electron chi connectivity index (χ1n) is 5.53. The SMILES string of the molecule is CCCCOC(=O)C1(CC)CC(C)=NO1. The lowest BCUT2D eigenvalue weighted by Gasteiger charge is -2.22. The van der Waals surface area contributed by atoms with Crippen LogP contribution in [0.15, 0.2) is 5.16 Å². The highest BCUT2D eigenvalue weighted by Gasteiger charge is 2.45. The van der Waals surface area contributed by atoms with E-state index in [9.17, 15) is 4.79 Å². The molecule has 1 unspecified atom stereocenters. The summed E-state index contributed by atoms with van der Waals surface area (Å²) in [6.45, 7) is 6.30. The molecule has 0 saturated heterocycles. The van der Waals surface area contributed by atoms with Crippen LogP contribution in [0.5, 0.6) is 0 Å². The zero-order valence-corrected chi connectivity index (χ0v) is 9.71. The van der Waals surface area contributed by atoms with E-state index in [0.717, 1.165) is 18.6 Å². The van der Waals surface area contributed by atoms with Gasteiger partial charge in [0.1, 0.15) is 0 Å². The first-order valence-corrected chi connectivity index (χ1v) is 5.53. The summed E-state index contributed by atoms with van der Waals surface area (Å²) in [5.41, 5.74) is 0.00182. The van der Waals surface area contributed by atoms with Crippen LogP contribution in [0.2, 0.25) is 0 Å². The first kappa shape index (κ1) is 12.0. The molecule has 86 valence electrons. The van der Waals surface area contributed by atoms with Gasteiger partial charge in [-0.05, 0) is 19.8 Å². The third kappa shape index (κ3) is 2.70. The Kier molecular flexibility index (Phi) is 4.12. The maximum atomic E-state index is 11.8. The summed E-state index contributed by atoms with van der Waals surface area (Å²) in [6, 6.07) is 0. The van der Waals surface area contributed by atoms with Crippen molar-refractivity contribution in [2.75, 3.05) is 6.61 Å². The molecule has 0 spiro atoms. The molecule has 0 bridgehead atoms. The Balaban J connectivity index is 2.49. The predicted molar refractivity (Wildman–Crippen MR) is 57.7 cm³/mol. The smallest absolute Gasteiger partial charge is 0.353 e. The number of nitrogens with zero attached hydrogens (tertiary/aromatic N) is 1. The van der Waals surface area contributed by atoms with Crippen LogP contribution in [0, 0.1) is 0 Å². The zero-order valence-electron chi connectivity index (χ0n) is 9.71. The summed E-state index contributed by atoms with van der Waals surface area (Å²) in [4.78, 5) is 17.0. The van der Waals surface area contributed by atoms with Crippen LogP contribution >= 0.6 is 0 Å². The molecule has 0 aromatic rings. The second-order valence-electron chi connectivity index (χ2n) is 3.93. The van der Waals surface area contributed by atoms with Crippen molar-refractivity contribution in [1.29, 1.82) is 0 Å². The normalized spacial score (nSPS) is 24.6. The Morgan fingerprint density at radius 1 is 1.60 bits per heavy atom. The molecule has 0 N–H and O–H groups in total. The van der Waals surface area contributed by atoms with Crippen molar-refractivity contribution < 1.29 is 14.4 Å². The highest BCUT2D eigenvalue weighted by Crippen LogP contribution is 2.28. The van der Waals surface area contributed by atoms with E-state index in [2.05, 4.69) is 12.1 Å². The van der Waals surface area contributed by atoms with Gasteiger partial charge in [-0.25, -0.2) is 4.79 Å². The minimum atomic E-state index is -0.849. The van der Waals surface area contributed by atoms with Crippen molar-refractivity contribution >= 4 is 11.7 Å². The molecule has 1 heterocycles. The van der Waals surface area contributed by atoms with Crippen molar-refractivity contribution in [1.82, 2.24) is 0 Å². The Bertz CT molecular complexity index is 263. The third-order valence-electron chi connectivity index (χ3n) is 2.59. The largest absolute Gasteiger partial charge is 0.463 e. The van der Waals surface area contributed by atoms with Gasteiger partial charge in [0.05, 0.1) is 12.3 Å². The van der Waals surface area contributed by atoms with Gasteiger partial charge >= 0.3 is 5.97 Å². The lowest BCUT2D eigenvalue weighted by Crippen LogP contribution is -2.39. The lowest BCUT2D eigenvalue weighted by molar-refractivity contribution is -0.170. The fraction of sp³-hybridized carbons (Fsp3) is 0.818. The van der Waals surface area contributed by atoms with E-state index in [1.165, 1.54) is 0 Å². The Morgan fingerprint density at radius 3 is 2.80 bits per heavy atom. The van der Waals surface area contributed by atoms with E-state index in [4.69, 9.17) is 9.57 Å². The summed E-state index contributed by atoms with van der Waals surface area (Å²) in [5, 5.41) is 3.83. The quantitative estimate of drug-likeness (QED) is 0.520. The maximum absolute atomic E-state index is 11.8. The average molecular weight is 213 g/mol. The average Bonchev–Trinajstić information content (AvgIpc) is 2.62. The van der Waals surface area contributed by atoms with Crippen molar-refractivity contribution in [3.8, 4) is 0 Å². The third-order valence-corrected chi connectivity index (χ3v) is 2.59. The fourth-order valence-corrected chi connectivity index (χ4v) is 1.53. The van der Waals surface area contributed by atoms with Crippen molar-refractivity contribution in [2.45, 2.75) is 52.1 Å². The fourth-order valence-electron chi connectivity index (χ4n) is 1.53. The molecule has 4 heteroatoms. The number of carbonyl (C=O) groups excluding carboxylic acids is 1. The van der Waals surface area contributed by atoms with Gasteiger partial charge in [0.2, 0.25) is 5.60 Å². The number of ether oxygens (including phenoxy) is 1. The van der Waals surface area contributed by atoms with Crippen LogP contribution in [0.4, 0.5) is 0 Å². The van der Waals surface area contributed by atoms with E-state index in [-0.39, 0.29) is 5.97 Å². The van der Waals surface area contributed by atoms with Crippen LogP contribution in [0.3, 0.4) is 0 Å². The number of hydrogen-bond acceptors (Lipinski definition) is 4. The standard InChI is InChI=1S/C11H19NO3/c1-4-6-7-14-10(13)11(5-2)8-9(3)12-15-11/h4-8H2,1-3H3. The van der Waals surface area contributed by atoms with Gasteiger partial charge in [0, 0.05) is 6.42 Å². The number of carbonyl (C=O) groups is 1. The molecule has 4 nitrogen and oxygen atoms in total. The second kappa shape index (κ2) is 5.14. The molecule has 1 aliphatic rings. The van der Waals surface area contributed by atoms with Gasteiger partial charge in [0.15, 0.2) is 0 Å². The molecule has 1 aliphatic heterocycles. The van der Waals surface area contributed by atoms with Gasteiger partial charge in [0.25, 0.3) is 0 Å². The summed E-state index contributed by atoms with van der Waals surface area (Å²) in [5.74, 6) is -0.279. The molecule has 0 fully saturated rings. The van der Waals surface area contributed by atoms with E-state index in [1.54, 1.807) is 0 Å². The number of esters is 1. The zero-order chi connectivity index (χ0) is 11.3. The Hall–Kier alpha value is -1.06.